The van der Waals surface area contributed by atoms with Crippen LogP contribution < -0.4 is 10.1 Å². The molecular formula is C34H36ClN3O5. The van der Waals surface area contributed by atoms with E-state index in [0.717, 1.165) is 73.1 Å². The van der Waals surface area contributed by atoms with E-state index in [1.807, 2.05) is 45.9 Å². The first-order valence-electron chi connectivity index (χ1n) is 14.5. The summed E-state index contributed by atoms with van der Waals surface area (Å²) in [4.78, 5) is 25.7. The van der Waals surface area contributed by atoms with E-state index >= 15 is 0 Å². The molecule has 0 saturated carbocycles. The molecule has 0 spiro atoms. The second-order valence-electron chi connectivity index (χ2n) is 10.8. The number of allylic oxidation sites excluding steroid dienone is 1. The van der Waals surface area contributed by atoms with Gasteiger partial charge in [-0.1, -0.05) is 29.8 Å². The Balaban J connectivity index is 1.36. The maximum absolute atomic E-state index is 13.7. The summed E-state index contributed by atoms with van der Waals surface area (Å²) in [6.07, 6.45) is 1.89. The number of aromatic amines is 1. The first-order chi connectivity index (χ1) is 20.7. The van der Waals surface area contributed by atoms with Gasteiger partial charge in [0.15, 0.2) is 0 Å². The molecule has 4 aromatic rings. The number of aryl methyl sites for hydroxylation is 4. The fourth-order valence-corrected chi connectivity index (χ4v) is 5.79. The third-order valence-electron chi connectivity index (χ3n) is 7.70. The van der Waals surface area contributed by atoms with Gasteiger partial charge in [-0.3, -0.25) is 9.89 Å². The van der Waals surface area contributed by atoms with E-state index in [-0.39, 0.29) is 24.8 Å². The number of esters is 1. The van der Waals surface area contributed by atoms with Gasteiger partial charge < -0.3 is 19.2 Å². The van der Waals surface area contributed by atoms with Crippen molar-refractivity contribution in [2.24, 2.45) is 0 Å². The molecular weight excluding hydrogens is 566 g/mol. The number of furan rings is 1. The number of carbonyl (C=O) groups excluding carboxylic acids is 2. The molecule has 2 aromatic carbocycles. The molecule has 0 radical (unpaired) electrons. The molecule has 43 heavy (non-hydrogen) atoms. The number of nitrogens with zero attached hydrogens (tertiary/aromatic N) is 1. The molecule has 9 heteroatoms. The number of hydrogen-bond acceptors (Lipinski definition) is 6. The van der Waals surface area contributed by atoms with E-state index in [0.29, 0.717) is 25.2 Å². The molecule has 1 aliphatic rings. The zero-order chi connectivity index (χ0) is 30.7. The highest BCUT2D eigenvalue weighted by atomic mass is 35.5. The van der Waals surface area contributed by atoms with E-state index in [1.165, 1.54) is 0 Å². The van der Waals surface area contributed by atoms with Crippen LogP contribution in [-0.4, -0.2) is 35.3 Å². The first-order valence-corrected chi connectivity index (χ1v) is 14.9. The van der Waals surface area contributed by atoms with Gasteiger partial charge in [-0.2, -0.15) is 5.10 Å². The van der Waals surface area contributed by atoms with Crippen LogP contribution in [0.4, 0.5) is 0 Å². The molecule has 8 nitrogen and oxygen atoms in total. The van der Waals surface area contributed by atoms with E-state index in [1.54, 1.807) is 19.1 Å². The highest BCUT2D eigenvalue weighted by Crippen LogP contribution is 2.42. The average Bonchev–Trinajstić information content (AvgIpc) is 3.70. The second kappa shape index (κ2) is 12.9. The molecule has 2 heterocycles. The maximum atomic E-state index is 13.7. The molecule has 0 aliphatic heterocycles. The van der Waals surface area contributed by atoms with Gasteiger partial charge >= 0.3 is 5.97 Å². The third kappa shape index (κ3) is 6.39. The minimum atomic E-state index is -0.528. The smallest absolute Gasteiger partial charge is 0.374 e. The van der Waals surface area contributed by atoms with Gasteiger partial charge in [0, 0.05) is 28.3 Å². The van der Waals surface area contributed by atoms with Crippen molar-refractivity contribution in [1.82, 2.24) is 15.5 Å². The minimum absolute atomic E-state index is 0.112. The summed E-state index contributed by atoms with van der Waals surface area (Å²) in [7, 11) is 0. The van der Waals surface area contributed by atoms with Crippen LogP contribution in [0.3, 0.4) is 0 Å². The number of H-pyrrole nitrogens is 1. The van der Waals surface area contributed by atoms with E-state index in [4.69, 9.17) is 25.5 Å². The van der Waals surface area contributed by atoms with Gasteiger partial charge in [0.05, 0.1) is 25.5 Å². The fourth-order valence-electron chi connectivity index (χ4n) is 5.68. The van der Waals surface area contributed by atoms with Crippen molar-refractivity contribution in [2.75, 3.05) is 13.2 Å². The molecule has 5 rings (SSSR count). The van der Waals surface area contributed by atoms with E-state index in [2.05, 4.69) is 27.6 Å². The molecule has 0 unspecified atom stereocenters. The van der Waals surface area contributed by atoms with Gasteiger partial charge in [-0.25, -0.2) is 4.79 Å². The number of benzene rings is 2. The lowest BCUT2D eigenvalue weighted by Gasteiger charge is -2.13. The van der Waals surface area contributed by atoms with Crippen molar-refractivity contribution >= 4 is 29.1 Å². The van der Waals surface area contributed by atoms with Crippen molar-refractivity contribution in [3.63, 3.8) is 0 Å². The van der Waals surface area contributed by atoms with Crippen LogP contribution in [0.15, 0.2) is 52.5 Å². The SMILES string of the molecule is CCOC(=O)c1ccc(CNC(=O)C2=C(CCCOc3cc(C)c(Cl)c(C)c3)c3cccc(-c4c(C)n[nH]c4C)c3C2)o1. The Labute approximate surface area is 256 Å². The molecule has 0 saturated heterocycles. The summed E-state index contributed by atoms with van der Waals surface area (Å²) in [6, 6.07) is 13.3. The van der Waals surface area contributed by atoms with Gasteiger partial charge in [0.2, 0.25) is 11.7 Å². The fraction of sp³-hybridized carbons (Fsp3) is 0.324. The number of ether oxygens (including phenoxy) is 2. The van der Waals surface area contributed by atoms with Gasteiger partial charge in [-0.05, 0) is 105 Å². The van der Waals surface area contributed by atoms with Crippen molar-refractivity contribution in [3.8, 4) is 16.9 Å². The third-order valence-corrected chi connectivity index (χ3v) is 8.30. The number of rotatable bonds is 11. The summed E-state index contributed by atoms with van der Waals surface area (Å²) in [5, 5.41) is 11.2. The summed E-state index contributed by atoms with van der Waals surface area (Å²) in [5.41, 5.74) is 9.92. The molecule has 1 amide bonds. The van der Waals surface area contributed by atoms with Gasteiger partial charge in [0.1, 0.15) is 11.5 Å². The van der Waals surface area contributed by atoms with E-state index < -0.39 is 5.97 Å². The van der Waals surface area contributed by atoms with Gasteiger partial charge in [0.25, 0.3) is 0 Å². The van der Waals surface area contributed by atoms with Crippen LogP contribution in [0.2, 0.25) is 5.02 Å². The molecule has 1 aliphatic carbocycles. The summed E-state index contributed by atoms with van der Waals surface area (Å²) in [5.74, 6) is 0.672. The molecule has 0 atom stereocenters. The van der Waals surface area contributed by atoms with Crippen LogP contribution >= 0.6 is 11.6 Å². The standard InChI is InChI=1S/C34H36ClN3O5/c1-6-41-34(40)30-13-12-23(43-30)18-36-33(39)29-17-28-25(9-7-10-27(28)31-21(4)37-38-22(31)5)26(29)11-8-14-42-24-15-19(2)32(35)20(3)16-24/h7,9-10,12-13,15-16H,6,8,11,14,17-18H2,1-5H3,(H,36,39)(H,37,38). The number of carbonyl (C=O) groups is 2. The lowest BCUT2D eigenvalue weighted by atomic mass is 9.93. The van der Waals surface area contributed by atoms with Crippen LogP contribution in [-0.2, 0) is 22.5 Å². The van der Waals surface area contributed by atoms with Crippen LogP contribution in [0.1, 0.15) is 69.7 Å². The Morgan fingerprint density at radius 3 is 2.51 bits per heavy atom. The molecule has 2 aromatic heterocycles. The lowest BCUT2D eigenvalue weighted by molar-refractivity contribution is -0.117. The highest BCUT2D eigenvalue weighted by molar-refractivity contribution is 6.32. The summed E-state index contributed by atoms with van der Waals surface area (Å²) >= 11 is 6.32. The van der Waals surface area contributed by atoms with Crippen LogP contribution in [0.25, 0.3) is 16.7 Å². The predicted octanol–water partition coefficient (Wildman–Crippen LogP) is 7.22. The zero-order valence-corrected chi connectivity index (χ0v) is 25.9. The van der Waals surface area contributed by atoms with Crippen molar-refractivity contribution in [1.29, 1.82) is 0 Å². The first kappa shape index (κ1) is 30.2. The Kier molecular flexibility index (Phi) is 9.06. The predicted molar refractivity (Wildman–Crippen MR) is 166 cm³/mol. The van der Waals surface area contributed by atoms with Crippen molar-refractivity contribution in [2.45, 2.75) is 60.4 Å². The quantitative estimate of drug-likeness (QED) is 0.139. The van der Waals surface area contributed by atoms with Crippen molar-refractivity contribution < 1.29 is 23.5 Å². The van der Waals surface area contributed by atoms with E-state index in [9.17, 15) is 9.59 Å². The Bertz CT molecular complexity index is 1670. The molecule has 0 fully saturated rings. The van der Waals surface area contributed by atoms with Gasteiger partial charge in [-0.15, -0.1) is 0 Å². The minimum Gasteiger partial charge on any atom is -0.494 e. The largest absolute Gasteiger partial charge is 0.494 e. The monoisotopic (exact) mass is 601 g/mol. The number of fused-ring (bicyclic) bond motifs is 1. The highest BCUT2D eigenvalue weighted by Gasteiger charge is 2.29. The number of halogens is 1. The topological polar surface area (TPSA) is 106 Å². The Morgan fingerprint density at radius 2 is 1.81 bits per heavy atom. The maximum Gasteiger partial charge on any atom is 0.374 e. The second-order valence-corrected chi connectivity index (χ2v) is 11.1. The number of hydrogen-bond donors (Lipinski definition) is 2. The van der Waals surface area contributed by atoms with Crippen LogP contribution in [0.5, 0.6) is 5.75 Å². The summed E-state index contributed by atoms with van der Waals surface area (Å²) in [6.45, 7) is 10.6. The number of nitrogens with one attached hydrogen (secondary N) is 2. The lowest BCUT2D eigenvalue weighted by Crippen LogP contribution is -2.25. The van der Waals surface area contributed by atoms with Crippen LogP contribution in [0, 0.1) is 27.7 Å². The Hall–Kier alpha value is -4.30. The normalized spacial score (nSPS) is 12.4. The Morgan fingerprint density at radius 1 is 1.07 bits per heavy atom. The summed E-state index contributed by atoms with van der Waals surface area (Å²) < 4.78 is 16.7. The number of amides is 1. The number of aromatic nitrogens is 2. The molecule has 0 bridgehead atoms. The zero-order valence-electron chi connectivity index (χ0n) is 25.2. The van der Waals surface area contributed by atoms with Crippen molar-refractivity contribution in [3.05, 3.63) is 98.2 Å². The molecule has 2 N–H and O–H groups in total. The average molecular weight is 602 g/mol. The molecule has 224 valence electrons.